The van der Waals surface area contributed by atoms with Crippen LogP contribution in [0.3, 0.4) is 0 Å². The van der Waals surface area contributed by atoms with Gasteiger partial charge in [-0.25, -0.2) is 0 Å². The molecule has 1 aromatic carbocycles. The number of hydrogen-bond acceptors (Lipinski definition) is 5. The van der Waals surface area contributed by atoms with Crippen molar-refractivity contribution in [2.75, 3.05) is 11.9 Å². The van der Waals surface area contributed by atoms with E-state index in [1.807, 2.05) is 30.3 Å². The van der Waals surface area contributed by atoms with Gasteiger partial charge in [-0.2, -0.15) is 0 Å². The summed E-state index contributed by atoms with van der Waals surface area (Å²) in [5.41, 5.74) is 1.02. The molecule has 0 aliphatic rings. The largest absolute Gasteiger partial charge is 0.381 e. The lowest BCUT2D eigenvalue weighted by Gasteiger charge is -2.24. The summed E-state index contributed by atoms with van der Waals surface area (Å²) in [6, 6.07) is 9.98. The molecule has 1 atom stereocenters. The Balaban J connectivity index is 1.83. The summed E-state index contributed by atoms with van der Waals surface area (Å²) in [7, 11) is 0. The van der Waals surface area contributed by atoms with Gasteiger partial charge in [0.05, 0.1) is 0 Å². The third-order valence-electron chi connectivity index (χ3n) is 4.18. The third-order valence-corrected chi connectivity index (χ3v) is 4.18. The highest BCUT2D eigenvalue weighted by atomic mass is 16.6. The molecule has 1 heterocycles. The molecular weight excluding hydrogens is 334 g/mol. The van der Waals surface area contributed by atoms with E-state index < -0.39 is 4.92 Å². The van der Waals surface area contributed by atoms with Crippen LogP contribution in [0.5, 0.6) is 0 Å². The smallest absolute Gasteiger partial charge is 0.380 e. The number of nitrogens with zero attached hydrogens (tertiary/aromatic N) is 3. The Morgan fingerprint density at radius 3 is 2.58 bits per heavy atom. The van der Waals surface area contributed by atoms with E-state index in [4.69, 9.17) is 0 Å². The molecule has 0 saturated heterocycles. The Bertz CT molecular complexity index is 743. The normalized spacial score (nSPS) is 12.0. The molecule has 0 fully saturated rings. The monoisotopic (exact) mass is 359 g/mol. The number of nitrogens with one attached hydrogen (secondary N) is 2. The van der Waals surface area contributed by atoms with E-state index in [0.717, 1.165) is 5.69 Å². The number of rotatable bonds is 9. The molecule has 26 heavy (non-hydrogen) atoms. The zero-order valence-corrected chi connectivity index (χ0v) is 15.3. The van der Waals surface area contributed by atoms with Crippen molar-refractivity contribution in [2.24, 2.45) is 5.92 Å². The van der Waals surface area contributed by atoms with E-state index in [0.29, 0.717) is 24.8 Å². The van der Waals surface area contributed by atoms with Crippen molar-refractivity contribution in [3.05, 3.63) is 52.5 Å². The molecule has 1 amide bonds. The quantitative estimate of drug-likeness (QED) is 0.529. The van der Waals surface area contributed by atoms with Gasteiger partial charge >= 0.3 is 5.82 Å². The van der Waals surface area contributed by atoms with Crippen LogP contribution < -0.4 is 10.6 Å². The zero-order chi connectivity index (χ0) is 19.1. The first kappa shape index (κ1) is 19.4. The molecule has 0 aliphatic carbocycles. The number of carbonyl (C=O) groups is 1. The summed E-state index contributed by atoms with van der Waals surface area (Å²) in [6.45, 7) is 6.75. The zero-order valence-electron chi connectivity index (χ0n) is 15.3. The van der Waals surface area contributed by atoms with Crippen molar-refractivity contribution in [2.45, 2.75) is 39.8 Å². The minimum absolute atomic E-state index is 0.0961. The summed E-state index contributed by atoms with van der Waals surface area (Å²) in [5, 5.41) is 17.1. The molecule has 8 heteroatoms. The number of hydrogen-bond donors (Lipinski definition) is 2. The molecule has 0 aliphatic heterocycles. The lowest BCUT2D eigenvalue weighted by atomic mass is 10.0. The van der Waals surface area contributed by atoms with Crippen molar-refractivity contribution in [3.8, 4) is 0 Å². The van der Waals surface area contributed by atoms with Gasteiger partial charge in [-0.05, 0) is 28.0 Å². The fourth-order valence-corrected chi connectivity index (χ4v) is 2.54. The van der Waals surface area contributed by atoms with Crippen LogP contribution >= 0.6 is 0 Å². The number of amides is 1. The molecular formula is C18H25N5O3. The number of para-hydroxylation sites is 1. The summed E-state index contributed by atoms with van der Waals surface area (Å²) >= 11 is 0. The van der Waals surface area contributed by atoms with Gasteiger partial charge in [-0.3, -0.25) is 4.79 Å². The van der Waals surface area contributed by atoms with Gasteiger partial charge in [0.1, 0.15) is 6.20 Å². The van der Waals surface area contributed by atoms with Crippen LogP contribution in [0.4, 0.5) is 11.5 Å². The average molecular weight is 359 g/mol. The van der Waals surface area contributed by atoms with Gasteiger partial charge in [0.2, 0.25) is 11.7 Å². The Kier molecular flexibility index (Phi) is 6.71. The van der Waals surface area contributed by atoms with Crippen LogP contribution in [0.25, 0.3) is 0 Å². The van der Waals surface area contributed by atoms with Crippen LogP contribution in [-0.2, 0) is 11.3 Å². The fraction of sp³-hybridized carbons (Fsp3) is 0.444. The van der Waals surface area contributed by atoms with Gasteiger partial charge in [-0.1, -0.05) is 32.0 Å². The van der Waals surface area contributed by atoms with Crippen LogP contribution in [0, 0.1) is 23.0 Å². The second-order valence-corrected chi connectivity index (χ2v) is 6.51. The van der Waals surface area contributed by atoms with Gasteiger partial charge in [0.15, 0.2) is 0 Å². The van der Waals surface area contributed by atoms with Gasteiger partial charge in [0.25, 0.3) is 0 Å². The first-order chi connectivity index (χ1) is 12.4. The Morgan fingerprint density at radius 2 is 2.00 bits per heavy atom. The van der Waals surface area contributed by atoms with Crippen molar-refractivity contribution in [1.82, 2.24) is 14.9 Å². The minimum Gasteiger partial charge on any atom is -0.380 e. The minimum atomic E-state index is -0.536. The van der Waals surface area contributed by atoms with E-state index in [-0.39, 0.29) is 24.2 Å². The molecule has 1 unspecified atom stereocenters. The average Bonchev–Trinajstić information content (AvgIpc) is 2.98. The molecule has 0 spiro atoms. The topological polar surface area (TPSA) is 102 Å². The number of aromatic nitrogens is 2. The van der Waals surface area contributed by atoms with E-state index in [2.05, 4.69) is 29.5 Å². The predicted molar refractivity (Wildman–Crippen MR) is 99.9 cm³/mol. The second kappa shape index (κ2) is 8.98. The van der Waals surface area contributed by atoms with Gasteiger partial charge < -0.3 is 25.3 Å². The molecule has 2 aromatic rings. The maximum Gasteiger partial charge on any atom is 0.381 e. The van der Waals surface area contributed by atoms with E-state index >= 15 is 0 Å². The van der Waals surface area contributed by atoms with Crippen molar-refractivity contribution in [1.29, 1.82) is 0 Å². The summed E-state index contributed by atoms with van der Waals surface area (Å²) in [4.78, 5) is 26.2. The van der Waals surface area contributed by atoms with E-state index in [1.165, 1.54) is 6.20 Å². The Morgan fingerprint density at radius 1 is 1.31 bits per heavy atom. The lowest BCUT2D eigenvalue weighted by Crippen LogP contribution is -2.39. The molecule has 2 rings (SSSR count). The van der Waals surface area contributed by atoms with E-state index in [9.17, 15) is 14.9 Å². The first-order valence-corrected chi connectivity index (χ1v) is 8.63. The number of aryl methyl sites for hydroxylation is 2. The highest BCUT2D eigenvalue weighted by molar-refractivity contribution is 5.75. The summed E-state index contributed by atoms with van der Waals surface area (Å²) < 4.78 is 1.62. The maximum absolute atomic E-state index is 12.1. The number of carbonyl (C=O) groups excluding carboxylic acids is 1. The Hall–Kier alpha value is -2.90. The highest BCUT2D eigenvalue weighted by Crippen LogP contribution is 2.12. The molecule has 140 valence electrons. The number of imidazole rings is 1. The number of nitro groups is 1. The summed E-state index contributed by atoms with van der Waals surface area (Å²) in [6.07, 6.45) is 1.60. The SMILES string of the molecule is Cc1nc([N+](=O)[O-])cn1CCC(=O)NCC(Nc1ccccc1)C(C)C. The van der Waals surface area contributed by atoms with Crippen LogP contribution in [0.1, 0.15) is 26.1 Å². The predicted octanol–water partition coefficient (Wildman–Crippen LogP) is 2.74. The second-order valence-electron chi connectivity index (χ2n) is 6.51. The standard InChI is InChI=1S/C18H25N5O3/c1-13(2)16(21-15-7-5-4-6-8-15)11-19-18(24)9-10-22-12-17(23(25)26)20-14(22)3/h4-8,12-13,16,21H,9-11H2,1-3H3,(H,19,24). The van der Waals surface area contributed by atoms with Crippen molar-refractivity contribution >= 4 is 17.4 Å². The van der Waals surface area contributed by atoms with Crippen LogP contribution in [0.15, 0.2) is 36.5 Å². The lowest BCUT2D eigenvalue weighted by molar-refractivity contribution is -0.389. The highest BCUT2D eigenvalue weighted by Gasteiger charge is 2.17. The first-order valence-electron chi connectivity index (χ1n) is 8.63. The number of anilines is 1. The Labute approximate surface area is 152 Å². The molecule has 0 saturated carbocycles. The van der Waals surface area contributed by atoms with Crippen LogP contribution in [-0.4, -0.2) is 33.0 Å². The third kappa shape index (κ3) is 5.58. The van der Waals surface area contributed by atoms with Crippen molar-refractivity contribution < 1.29 is 9.72 Å². The summed E-state index contributed by atoms with van der Waals surface area (Å²) in [5.74, 6) is 0.570. The molecule has 2 N–H and O–H groups in total. The molecule has 1 aromatic heterocycles. The number of benzene rings is 1. The molecule has 0 radical (unpaired) electrons. The molecule has 0 bridgehead atoms. The maximum atomic E-state index is 12.1. The van der Waals surface area contributed by atoms with Gasteiger partial charge in [0, 0.05) is 38.2 Å². The van der Waals surface area contributed by atoms with Crippen LogP contribution in [0.2, 0.25) is 0 Å². The van der Waals surface area contributed by atoms with E-state index in [1.54, 1.807) is 11.5 Å². The fourth-order valence-electron chi connectivity index (χ4n) is 2.54. The van der Waals surface area contributed by atoms with Gasteiger partial charge in [-0.15, -0.1) is 0 Å². The molecule has 8 nitrogen and oxygen atoms in total. The van der Waals surface area contributed by atoms with Crippen molar-refractivity contribution in [3.63, 3.8) is 0 Å².